The Balaban J connectivity index is 1.76. The maximum atomic E-state index is 8.80. The van der Waals surface area contributed by atoms with Gasteiger partial charge in [-0.05, 0) is 36.4 Å². The van der Waals surface area contributed by atoms with Crippen molar-refractivity contribution in [1.29, 1.82) is 10.7 Å². The van der Waals surface area contributed by atoms with E-state index in [0.717, 1.165) is 11.1 Å². The Morgan fingerprint density at radius 2 is 2.04 bits per heavy atom. The van der Waals surface area contributed by atoms with E-state index in [9.17, 15) is 0 Å². The van der Waals surface area contributed by atoms with Gasteiger partial charge in [-0.3, -0.25) is 20.9 Å². The number of aromatic amines is 1. The maximum absolute atomic E-state index is 8.80. The third-order valence-electron chi connectivity index (χ3n) is 3.22. The van der Waals surface area contributed by atoms with Crippen LogP contribution in [0.25, 0.3) is 22.8 Å². The SMILES string of the molecule is N#C/C(=N\Nc1ccc(-c2nc(-c3cccnc3)n[nH]2)cc1)C(=N)N. The van der Waals surface area contributed by atoms with Crippen LogP contribution >= 0.6 is 0 Å². The third-order valence-corrected chi connectivity index (χ3v) is 3.22. The molecule has 0 radical (unpaired) electrons. The first-order valence-electron chi connectivity index (χ1n) is 7.19. The molecule has 0 atom stereocenters. The Morgan fingerprint density at radius 1 is 1.24 bits per heavy atom. The van der Waals surface area contributed by atoms with Gasteiger partial charge in [0.25, 0.3) is 0 Å². The van der Waals surface area contributed by atoms with Gasteiger partial charge in [0, 0.05) is 23.5 Å². The Labute approximate surface area is 142 Å². The highest BCUT2D eigenvalue weighted by Gasteiger charge is 2.08. The number of hydrazone groups is 1. The number of amidine groups is 1. The number of anilines is 1. The average Bonchev–Trinajstić information content (AvgIpc) is 3.13. The van der Waals surface area contributed by atoms with Crippen LogP contribution in [0.4, 0.5) is 5.69 Å². The fourth-order valence-electron chi connectivity index (χ4n) is 1.98. The van der Waals surface area contributed by atoms with Crippen LogP contribution in [0.5, 0.6) is 0 Å². The lowest BCUT2D eigenvalue weighted by Gasteiger charge is -2.02. The zero-order chi connectivity index (χ0) is 17.6. The van der Waals surface area contributed by atoms with Gasteiger partial charge in [-0.15, -0.1) is 0 Å². The van der Waals surface area contributed by atoms with Crippen LogP contribution in [0.2, 0.25) is 0 Å². The van der Waals surface area contributed by atoms with Gasteiger partial charge in [0.2, 0.25) is 5.71 Å². The second-order valence-corrected chi connectivity index (χ2v) is 4.92. The Bertz CT molecular complexity index is 949. The van der Waals surface area contributed by atoms with Crippen LogP contribution in [-0.2, 0) is 0 Å². The number of hydrogen-bond donors (Lipinski definition) is 4. The summed E-state index contributed by atoms with van der Waals surface area (Å²) >= 11 is 0. The molecular formula is C16H13N9. The van der Waals surface area contributed by atoms with Crippen molar-refractivity contribution < 1.29 is 0 Å². The molecule has 0 saturated heterocycles. The van der Waals surface area contributed by atoms with Gasteiger partial charge in [0.05, 0.1) is 5.69 Å². The van der Waals surface area contributed by atoms with E-state index >= 15 is 0 Å². The zero-order valence-electron chi connectivity index (χ0n) is 12.9. The summed E-state index contributed by atoms with van der Waals surface area (Å²) in [6.07, 6.45) is 3.38. The second-order valence-electron chi connectivity index (χ2n) is 4.92. The van der Waals surface area contributed by atoms with Crippen molar-refractivity contribution in [1.82, 2.24) is 20.2 Å². The van der Waals surface area contributed by atoms with Crippen LogP contribution < -0.4 is 11.2 Å². The summed E-state index contributed by atoms with van der Waals surface area (Å²) in [7, 11) is 0. The van der Waals surface area contributed by atoms with Gasteiger partial charge in [-0.2, -0.15) is 15.5 Å². The van der Waals surface area contributed by atoms with Crippen molar-refractivity contribution in [2.45, 2.75) is 0 Å². The molecule has 122 valence electrons. The Morgan fingerprint density at radius 3 is 2.68 bits per heavy atom. The normalized spacial score (nSPS) is 10.9. The number of nitrogens with one attached hydrogen (secondary N) is 3. The number of benzene rings is 1. The summed E-state index contributed by atoms with van der Waals surface area (Å²) in [6.45, 7) is 0. The molecule has 2 aromatic heterocycles. The molecule has 0 unspecified atom stereocenters. The standard InChI is InChI=1S/C16H13N9/c17-8-13(14(18)19)23-22-12-5-3-10(4-6-12)15-21-16(25-24-15)11-2-1-7-20-9-11/h1-7,9,22H,(H3,18,19)(H,21,24,25)/b23-13+. The van der Waals surface area contributed by atoms with Crippen molar-refractivity contribution in [3.63, 3.8) is 0 Å². The minimum absolute atomic E-state index is 0.180. The predicted molar refractivity (Wildman–Crippen MR) is 93.6 cm³/mol. The van der Waals surface area contributed by atoms with Crippen molar-refractivity contribution >= 4 is 17.2 Å². The molecule has 0 aliphatic heterocycles. The lowest BCUT2D eigenvalue weighted by Crippen LogP contribution is -2.21. The number of hydrogen-bond acceptors (Lipinski definition) is 7. The topological polar surface area (TPSA) is 153 Å². The summed E-state index contributed by atoms with van der Waals surface area (Å²) in [4.78, 5) is 8.50. The molecule has 3 aromatic rings. The van der Waals surface area contributed by atoms with Crippen LogP contribution in [0, 0.1) is 16.7 Å². The molecule has 9 nitrogen and oxygen atoms in total. The molecule has 0 fully saturated rings. The smallest absolute Gasteiger partial charge is 0.201 e. The van der Waals surface area contributed by atoms with Crippen LogP contribution in [0.3, 0.4) is 0 Å². The summed E-state index contributed by atoms with van der Waals surface area (Å²) in [5, 5.41) is 26.8. The number of rotatable bonds is 5. The van der Waals surface area contributed by atoms with Gasteiger partial charge in [-0.25, -0.2) is 4.98 Å². The van der Waals surface area contributed by atoms with Crippen molar-refractivity contribution in [2.24, 2.45) is 10.8 Å². The van der Waals surface area contributed by atoms with Crippen LogP contribution in [0.15, 0.2) is 53.9 Å². The summed E-state index contributed by atoms with van der Waals surface area (Å²) < 4.78 is 0. The van der Waals surface area contributed by atoms with Crippen LogP contribution in [0.1, 0.15) is 0 Å². The molecule has 0 bridgehead atoms. The highest BCUT2D eigenvalue weighted by molar-refractivity contribution is 6.45. The average molecular weight is 331 g/mol. The van der Waals surface area contributed by atoms with E-state index < -0.39 is 5.84 Å². The number of aromatic nitrogens is 4. The zero-order valence-corrected chi connectivity index (χ0v) is 12.9. The van der Waals surface area contributed by atoms with Gasteiger partial charge in [-0.1, -0.05) is 0 Å². The third kappa shape index (κ3) is 3.65. The van der Waals surface area contributed by atoms with E-state index in [-0.39, 0.29) is 5.71 Å². The minimum Gasteiger partial charge on any atom is -0.382 e. The number of nitrogens with two attached hydrogens (primary N) is 1. The van der Waals surface area contributed by atoms with E-state index in [1.165, 1.54) is 0 Å². The molecule has 1 aromatic carbocycles. The van der Waals surface area contributed by atoms with Crippen LogP contribution in [-0.4, -0.2) is 31.7 Å². The quantitative estimate of drug-likeness (QED) is 0.317. The summed E-state index contributed by atoms with van der Waals surface area (Å²) in [5.74, 6) is 0.793. The van der Waals surface area contributed by atoms with Crippen molar-refractivity contribution in [3.8, 4) is 28.8 Å². The van der Waals surface area contributed by atoms with Crippen molar-refractivity contribution in [2.75, 3.05) is 5.43 Å². The summed E-state index contributed by atoms with van der Waals surface area (Å²) in [6, 6.07) is 12.6. The molecule has 0 amide bonds. The van der Waals surface area contributed by atoms with Crippen molar-refractivity contribution in [3.05, 3.63) is 48.8 Å². The first-order chi connectivity index (χ1) is 12.2. The van der Waals surface area contributed by atoms with E-state index in [2.05, 4.69) is 30.7 Å². The molecule has 9 heteroatoms. The van der Waals surface area contributed by atoms with Gasteiger partial charge >= 0.3 is 0 Å². The highest BCUT2D eigenvalue weighted by Crippen LogP contribution is 2.21. The molecule has 0 spiro atoms. The monoisotopic (exact) mass is 331 g/mol. The molecule has 3 rings (SSSR count). The van der Waals surface area contributed by atoms with E-state index in [1.807, 2.05) is 24.3 Å². The van der Waals surface area contributed by atoms with E-state index in [4.69, 9.17) is 16.4 Å². The molecular weight excluding hydrogens is 318 g/mol. The van der Waals surface area contributed by atoms with Gasteiger partial charge < -0.3 is 5.73 Å². The molecule has 5 N–H and O–H groups in total. The molecule has 0 aliphatic rings. The van der Waals surface area contributed by atoms with E-state index in [0.29, 0.717) is 17.3 Å². The number of pyridine rings is 1. The first kappa shape index (κ1) is 15.8. The lowest BCUT2D eigenvalue weighted by atomic mass is 10.2. The molecule has 25 heavy (non-hydrogen) atoms. The fourth-order valence-corrected chi connectivity index (χ4v) is 1.98. The van der Waals surface area contributed by atoms with Gasteiger partial charge in [0.15, 0.2) is 17.5 Å². The number of nitrogens with zero attached hydrogens (tertiary/aromatic N) is 5. The second kappa shape index (κ2) is 7.01. The first-order valence-corrected chi connectivity index (χ1v) is 7.19. The molecule has 0 aliphatic carbocycles. The maximum Gasteiger partial charge on any atom is 0.201 e. The Kier molecular flexibility index (Phi) is 4.44. The summed E-state index contributed by atoms with van der Waals surface area (Å²) in [5.41, 5.74) is 10.0. The fraction of sp³-hybridized carbons (Fsp3) is 0. The highest BCUT2D eigenvalue weighted by atomic mass is 15.3. The molecule has 0 saturated carbocycles. The number of H-pyrrole nitrogens is 1. The van der Waals surface area contributed by atoms with Gasteiger partial charge in [0.1, 0.15) is 6.07 Å². The Hall–Kier alpha value is -4.06. The number of nitriles is 1. The largest absolute Gasteiger partial charge is 0.382 e. The van der Waals surface area contributed by atoms with E-state index in [1.54, 1.807) is 30.6 Å². The lowest BCUT2D eigenvalue weighted by molar-refractivity contribution is 1.10. The molecule has 2 heterocycles. The predicted octanol–water partition coefficient (Wildman–Crippen LogP) is 1.76. The minimum atomic E-state index is -0.392.